The van der Waals surface area contributed by atoms with Crippen molar-refractivity contribution in [3.05, 3.63) is 75.8 Å². The number of amides is 3. The number of likely N-dealkylation sites (tertiary alicyclic amines) is 2. The van der Waals surface area contributed by atoms with Crippen LogP contribution >= 0.6 is 0 Å². The summed E-state index contributed by atoms with van der Waals surface area (Å²) in [5.41, 5.74) is 5.86. The van der Waals surface area contributed by atoms with Crippen LogP contribution in [-0.4, -0.2) is 130 Å². The SMILES string of the molecule is CCOC(=O)CN1CCN(C2CCN(C(=O)C(Cc3ccc(CC)c(CC)c3)NC(=O)N3CCC(n4c(=O)[nH]c5c6ccccc6ncc54)CC3)CC2)CC1. The van der Waals surface area contributed by atoms with E-state index in [-0.39, 0.29) is 29.6 Å². The molecular formula is C42H56N8O5. The summed E-state index contributed by atoms with van der Waals surface area (Å²) in [5, 5.41) is 4.08. The number of piperidine rings is 2. The Morgan fingerprint density at radius 3 is 2.25 bits per heavy atom. The molecule has 13 nitrogen and oxygen atoms in total. The fourth-order valence-electron chi connectivity index (χ4n) is 8.92. The third-order valence-electron chi connectivity index (χ3n) is 12.0. The van der Waals surface area contributed by atoms with Crippen LogP contribution in [0.1, 0.15) is 69.2 Å². The molecule has 3 saturated heterocycles. The Balaban J connectivity index is 0.993. The van der Waals surface area contributed by atoms with Gasteiger partial charge in [-0.15, -0.1) is 0 Å². The number of carbonyl (C=O) groups is 3. The molecule has 0 bridgehead atoms. The molecule has 0 spiro atoms. The van der Waals surface area contributed by atoms with Gasteiger partial charge in [0.2, 0.25) is 5.91 Å². The van der Waals surface area contributed by atoms with Gasteiger partial charge in [0.15, 0.2) is 0 Å². The number of rotatable bonds is 11. The summed E-state index contributed by atoms with van der Waals surface area (Å²) >= 11 is 0. The Kier molecular flexibility index (Phi) is 12.2. The first kappa shape index (κ1) is 38.5. The maximum atomic E-state index is 14.3. The quantitative estimate of drug-likeness (QED) is 0.219. The van der Waals surface area contributed by atoms with E-state index in [1.54, 1.807) is 15.7 Å². The van der Waals surface area contributed by atoms with Gasteiger partial charge in [-0.05, 0) is 68.2 Å². The summed E-state index contributed by atoms with van der Waals surface area (Å²) in [7, 11) is 0. The number of para-hydroxylation sites is 1. The van der Waals surface area contributed by atoms with Gasteiger partial charge in [0.25, 0.3) is 0 Å². The third kappa shape index (κ3) is 8.57. The molecular weight excluding hydrogens is 697 g/mol. The van der Waals surface area contributed by atoms with Crippen molar-refractivity contribution in [1.29, 1.82) is 0 Å². The molecule has 4 aromatic rings. The number of pyridine rings is 1. The summed E-state index contributed by atoms with van der Waals surface area (Å²) < 4.78 is 6.93. The summed E-state index contributed by atoms with van der Waals surface area (Å²) in [5.74, 6) is -0.210. The number of hydrogen-bond acceptors (Lipinski definition) is 8. The highest BCUT2D eigenvalue weighted by Gasteiger charge is 2.34. The van der Waals surface area contributed by atoms with Gasteiger partial charge < -0.3 is 24.8 Å². The minimum Gasteiger partial charge on any atom is -0.465 e. The molecule has 2 aromatic heterocycles. The number of ether oxygens (including phenoxy) is 1. The lowest BCUT2D eigenvalue weighted by atomic mass is 9.95. The van der Waals surface area contributed by atoms with Crippen molar-refractivity contribution in [1.82, 2.24) is 39.5 Å². The molecule has 0 saturated carbocycles. The van der Waals surface area contributed by atoms with Crippen LogP contribution in [-0.2, 0) is 33.6 Å². The zero-order valence-electron chi connectivity index (χ0n) is 32.6. The Bertz CT molecular complexity index is 2040. The molecule has 2 aromatic carbocycles. The fraction of sp³-hybridized carbons (Fsp3) is 0.548. The van der Waals surface area contributed by atoms with E-state index >= 15 is 0 Å². The number of benzene rings is 2. The first-order valence-corrected chi connectivity index (χ1v) is 20.3. The predicted octanol–water partition coefficient (Wildman–Crippen LogP) is 4.13. The summed E-state index contributed by atoms with van der Waals surface area (Å²) in [6.07, 6.45) is 7.04. The number of aromatic amines is 1. The van der Waals surface area contributed by atoms with Crippen LogP contribution in [0.25, 0.3) is 21.9 Å². The van der Waals surface area contributed by atoms with Crippen LogP contribution in [0.15, 0.2) is 53.5 Å². The molecule has 5 heterocycles. The number of aryl methyl sites for hydroxylation is 2. The largest absolute Gasteiger partial charge is 0.465 e. The number of nitrogens with zero attached hydrogens (tertiary/aromatic N) is 6. The fourth-order valence-corrected chi connectivity index (χ4v) is 8.92. The minimum absolute atomic E-state index is 0.0383. The normalized spacial score (nSPS) is 18.5. The number of H-pyrrole nitrogens is 1. The molecule has 1 unspecified atom stereocenters. The second kappa shape index (κ2) is 17.4. The second-order valence-corrected chi connectivity index (χ2v) is 15.2. The number of carbonyl (C=O) groups excluding carboxylic acids is 3. The Morgan fingerprint density at radius 1 is 0.855 bits per heavy atom. The zero-order chi connectivity index (χ0) is 38.5. The van der Waals surface area contributed by atoms with E-state index in [2.05, 4.69) is 57.1 Å². The molecule has 3 aliphatic rings. The van der Waals surface area contributed by atoms with Crippen LogP contribution in [0, 0.1) is 0 Å². The van der Waals surface area contributed by atoms with Gasteiger partial charge >= 0.3 is 17.7 Å². The summed E-state index contributed by atoms with van der Waals surface area (Å²) in [6.45, 7) is 12.5. The summed E-state index contributed by atoms with van der Waals surface area (Å²) in [4.78, 5) is 69.5. The van der Waals surface area contributed by atoms with E-state index in [0.717, 1.165) is 79.4 Å². The average Bonchev–Trinajstić information content (AvgIpc) is 3.56. The monoisotopic (exact) mass is 752 g/mol. The van der Waals surface area contributed by atoms with E-state index in [1.807, 2.05) is 36.1 Å². The summed E-state index contributed by atoms with van der Waals surface area (Å²) in [6, 6.07) is 13.6. The van der Waals surface area contributed by atoms with E-state index in [1.165, 1.54) is 11.1 Å². The second-order valence-electron chi connectivity index (χ2n) is 15.2. The van der Waals surface area contributed by atoms with Gasteiger partial charge in [-0.25, -0.2) is 9.59 Å². The topological polar surface area (TPSA) is 136 Å². The molecule has 3 amide bonds. The lowest BCUT2D eigenvalue weighted by Gasteiger charge is -2.43. The Morgan fingerprint density at radius 2 is 1.55 bits per heavy atom. The number of imidazole rings is 1. The third-order valence-corrected chi connectivity index (χ3v) is 12.0. The molecule has 0 aliphatic carbocycles. The molecule has 2 N–H and O–H groups in total. The van der Waals surface area contributed by atoms with Crippen LogP contribution < -0.4 is 11.0 Å². The van der Waals surface area contributed by atoms with E-state index < -0.39 is 6.04 Å². The van der Waals surface area contributed by atoms with Crippen molar-refractivity contribution >= 4 is 39.8 Å². The van der Waals surface area contributed by atoms with Gasteiger partial charge in [-0.1, -0.05) is 50.2 Å². The van der Waals surface area contributed by atoms with E-state index in [0.29, 0.717) is 64.6 Å². The standard InChI is InChI=1S/C42H56N8O5/c1-4-30-12-11-29(25-31(30)5-2)26-36(40(52)48-17-13-32(14-18-48)47-23-21-46(22-24-47)28-38(51)55-6-3)44-41(53)49-19-15-33(16-20-49)50-37-27-43-35-10-8-7-9-34(35)39(37)45-42(50)54/h7-12,25,27,32-33,36H,4-6,13-24,26,28H2,1-3H3,(H,44,53)(H,45,54). The van der Waals surface area contributed by atoms with Crippen molar-refractivity contribution in [2.75, 3.05) is 65.5 Å². The Labute approximate surface area is 323 Å². The lowest BCUT2D eigenvalue weighted by Crippen LogP contribution is -2.57. The van der Waals surface area contributed by atoms with Gasteiger partial charge in [0.05, 0.1) is 35.9 Å². The first-order chi connectivity index (χ1) is 26.8. The minimum atomic E-state index is -0.694. The molecule has 55 heavy (non-hydrogen) atoms. The highest BCUT2D eigenvalue weighted by molar-refractivity contribution is 6.01. The molecule has 294 valence electrons. The van der Waals surface area contributed by atoms with Crippen LogP contribution in [0.2, 0.25) is 0 Å². The average molecular weight is 753 g/mol. The number of aromatic nitrogens is 3. The number of hydrogen-bond donors (Lipinski definition) is 2. The van der Waals surface area contributed by atoms with Gasteiger partial charge in [0.1, 0.15) is 6.04 Å². The number of urea groups is 1. The highest BCUT2D eigenvalue weighted by atomic mass is 16.5. The first-order valence-electron chi connectivity index (χ1n) is 20.3. The molecule has 13 heteroatoms. The molecule has 7 rings (SSSR count). The molecule has 3 aliphatic heterocycles. The number of esters is 1. The number of nitrogens with one attached hydrogen (secondary N) is 2. The van der Waals surface area contributed by atoms with Gasteiger partial charge in [-0.3, -0.25) is 28.9 Å². The molecule has 0 radical (unpaired) electrons. The lowest BCUT2D eigenvalue weighted by molar-refractivity contribution is -0.144. The van der Waals surface area contributed by atoms with Gasteiger partial charge in [0, 0.05) is 76.2 Å². The Hall–Kier alpha value is -4.75. The maximum absolute atomic E-state index is 14.3. The number of piperazine rings is 1. The van der Waals surface area contributed by atoms with E-state index in [4.69, 9.17) is 4.74 Å². The predicted molar refractivity (Wildman–Crippen MR) is 213 cm³/mol. The van der Waals surface area contributed by atoms with Crippen molar-refractivity contribution in [3.63, 3.8) is 0 Å². The smallest absolute Gasteiger partial charge is 0.326 e. The van der Waals surface area contributed by atoms with Crippen molar-refractivity contribution in [2.45, 2.75) is 83.8 Å². The van der Waals surface area contributed by atoms with Crippen LogP contribution in [0.5, 0.6) is 0 Å². The van der Waals surface area contributed by atoms with Crippen molar-refractivity contribution in [2.24, 2.45) is 0 Å². The number of fused-ring (bicyclic) bond motifs is 3. The highest BCUT2D eigenvalue weighted by Crippen LogP contribution is 2.28. The van der Waals surface area contributed by atoms with Gasteiger partial charge in [-0.2, -0.15) is 0 Å². The zero-order valence-corrected chi connectivity index (χ0v) is 32.6. The maximum Gasteiger partial charge on any atom is 0.326 e. The van der Waals surface area contributed by atoms with Crippen LogP contribution in [0.3, 0.4) is 0 Å². The van der Waals surface area contributed by atoms with Crippen LogP contribution in [0.4, 0.5) is 4.79 Å². The van der Waals surface area contributed by atoms with Crippen molar-refractivity contribution in [3.8, 4) is 0 Å². The molecule has 3 fully saturated rings. The van der Waals surface area contributed by atoms with E-state index in [9.17, 15) is 19.2 Å². The van der Waals surface area contributed by atoms with Crippen molar-refractivity contribution < 1.29 is 19.1 Å². The molecule has 1 atom stereocenters.